The third kappa shape index (κ3) is 4.13. The van der Waals surface area contributed by atoms with Crippen molar-refractivity contribution in [2.75, 3.05) is 39.4 Å². The van der Waals surface area contributed by atoms with E-state index in [2.05, 4.69) is 0 Å². The smallest absolute Gasteiger partial charge is 0.263 e. The molecule has 0 unspecified atom stereocenters. The number of rotatable bonds is 5. The molecule has 3 rings (SSSR count). The predicted molar refractivity (Wildman–Crippen MR) is 91.9 cm³/mol. The van der Waals surface area contributed by atoms with E-state index in [1.54, 1.807) is 24.0 Å². The van der Waals surface area contributed by atoms with Crippen molar-refractivity contribution in [2.45, 2.75) is 30.8 Å². The largest absolute Gasteiger partial charge is 0.481 e. The molecule has 2 aliphatic heterocycles. The van der Waals surface area contributed by atoms with Crippen LogP contribution in [0, 0.1) is 0 Å². The van der Waals surface area contributed by atoms with Crippen LogP contribution in [0.2, 0.25) is 0 Å². The van der Waals surface area contributed by atoms with Gasteiger partial charge in [-0.05, 0) is 44.0 Å². The van der Waals surface area contributed by atoms with Gasteiger partial charge in [-0.1, -0.05) is 0 Å². The minimum atomic E-state index is -3.43. The summed E-state index contributed by atoms with van der Waals surface area (Å²) in [6, 6.07) is 6.28. The number of carbonyl (C=O) groups excluding carboxylic acids is 1. The van der Waals surface area contributed by atoms with E-state index in [0.717, 1.165) is 12.8 Å². The highest BCUT2D eigenvalue weighted by molar-refractivity contribution is 7.89. The van der Waals surface area contributed by atoms with Gasteiger partial charge in [0.15, 0.2) is 6.10 Å². The molecular weight excluding hydrogens is 344 g/mol. The van der Waals surface area contributed by atoms with E-state index in [1.807, 2.05) is 0 Å². The molecule has 1 atom stereocenters. The molecular formula is C17H24N2O5S. The summed E-state index contributed by atoms with van der Waals surface area (Å²) in [5.74, 6) is 0.395. The first-order valence-corrected chi connectivity index (χ1v) is 10.1. The summed E-state index contributed by atoms with van der Waals surface area (Å²) < 4.78 is 37.4. The average Bonchev–Trinajstić information content (AvgIpc) is 3.18. The Morgan fingerprint density at radius 1 is 1.08 bits per heavy atom. The molecule has 25 heavy (non-hydrogen) atoms. The van der Waals surface area contributed by atoms with Crippen LogP contribution in [0.15, 0.2) is 29.2 Å². The molecule has 0 aliphatic carbocycles. The van der Waals surface area contributed by atoms with Crippen LogP contribution in [0.4, 0.5) is 0 Å². The zero-order valence-corrected chi connectivity index (χ0v) is 15.2. The van der Waals surface area contributed by atoms with Crippen LogP contribution < -0.4 is 4.74 Å². The van der Waals surface area contributed by atoms with Crippen LogP contribution >= 0.6 is 0 Å². The lowest BCUT2D eigenvalue weighted by molar-refractivity contribution is -0.142. The Bertz CT molecular complexity index is 692. The molecule has 1 amide bonds. The van der Waals surface area contributed by atoms with E-state index in [1.165, 1.54) is 16.4 Å². The summed E-state index contributed by atoms with van der Waals surface area (Å²) in [5, 5.41) is 0. The first-order chi connectivity index (χ1) is 12.0. The van der Waals surface area contributed by atoms with E-state index in [0.29, 0.717) is 45.1 Å². The monoisotopic (exact) mass is 368 g/mol. The van der Waals surface area contributed by atoms with Gasteiger partial charge < -0.3 is 14.4 Å². The molecule has 2 fully saturated rings. The maximum Gasteiger partial charge on any atom is 0.263 e. The number of hydrogen-bond acceptors (Lipinski definition) is 5. The predicted octanol–water partition coefficient (Wildman–Crippen LogP) is 1.10. The number of benzene rings is 1. The van der Waals surface area contributed by atoms with Gasteiger partial charge >= 0.3 is 0 Å². The van der Waals surface area contributed by atoms with Crippen LogP contribution in [-0.2, 0) is 19.6 Å². The molecule has 1 aromatic rings. The SMILES string of the molecule is C[C@@H](Oc1ccc(S(=O)(=O)N2CCCC2)cc1)C(=O)N1CCOCC1. The molecule has 2 heterocycles. The van der Waals surface area contributed by atoms with Crippen LogP contribution in [0.3, 0.4) is 0 Å². The Labute approximate surface area is 148 Å². The number of hydrogen-bond donors (Lipinski definition) is 0. The van der Waals surface area contributed by atoms with Gasteiger partial charge in [-0.2, -0.15) is 4.31 Å². The van der Waals surface area contributed by atoms with Crippen LogP contribution in [0.1, 0.15) is 19.8 Å². The molecule has 0 radical (unpaired) electrons. The molecule has 0 spiro atoms. The van der Waals surface area contributed by atoms with Gasteiger partial charge in [-0.25, -0.2) is 8.42 Å². The van der Waals surface area contributed by atoms with E-state index in [-0.39, 0.29) is 10.8 Å². The van der Waals surface area contributed by atoms with Crippen molar-refractivity contribution in [3.8, 4) is 5.75 Å². The zero-order valence-electron chi connectivity index (χ0n) is 14.4. The molecule has 2 aliphatic rings. The van der Waals surface area contributed by atoms with Gasteiger partial charge in [0.2, 0.25) is 10.0 Å². The maximum atomic E-state index is 12.5. The fraction of sp³-hybridized carbons (Fsp3) is 0.588. The number of amides is 1. The fourth-order valence-corrected chi connectivity index (χ4v) is 4.58. The second-order valence-corrected chi connectivity index (χ2v) is 8.22. The first kappa shape index (κ1) is 18.2. The lowest BCUT2D eigenvalue weighted by Crippen LogP contribution is -2.46. The van der Waals surface area contributed by atoms with Gasteiger partial charge in [-0.15, -0.1) is 0 Å². The Kier molecular flexibility index (Phi) is 5.61. The molecule has 2 saturated heterocycles. The lowest BCUT2D eigenvalue weighted by Gasteiger charge is -2.29. The topological polar surface area (TPSA) is 76.2 Å². The van der Waals surface area contributed by atoms with Crippen LogP contribution in [0.25, 0.3) is 0 Å². The van der Waals surface area contributed by atoms with Gasteiger partial charge in [0.25, 0.3) is 5.91 Å². The number of ether oxygens (including phenoxy) is 2. The minimum Gasteiger partial charge on any atom is -0.481 e. The normalized spacial score (nSPS) is 20.4. The highest BCUT2D eigenvalue weighted by Gasteiger charge is 2.27. The second kappa shape index (κ2) is 7.72. The Balaban J connectivity index is 1.63. The van der Waals surface area contributed by atoms with Crippen molar-refractivity contribution in [3.63, 3.8) is 0 Å². The van der Waals surface area contributed by atoms with Gasteiger partial charge in [0.1, 0.15) is 5.75 Å². The summed E-state index contributed by atoms with van der Waals surface area (Å²) in [6.45, 7) is 5.08. The molecule has 0 saturated carbocycles. The Morgan fingerprint density at radius 2 is 1.68 bits per heavy atom. The van der Waals surface area contributed by atoms with E-state index < -0.39 is 16.1 Å². The summed E-state index contributed by atoms with van der Waals surface area (Å²) in [6.07, 6.45) is 1.18. The van der Waals surface area contributed by atoms with Crippen molar-refractivity contribution < 1.29 is 22.7 Å². The molecule has 138 valence electrons. The van der Waals surface area contributed by atoms with E-state index >= 15 is 0 Å². The molecule has 1 aromatic carbocycles. The molecule has 0 aromatic heterocycles. The summed E-state index contributed by atoms with van der Waals surface area (Å²) in [7, 11) is -3.43. The fourth-order valence-electron chi connectivity index (χ4n) is 3.06. The summed E-state index contributed by atoms with van der Waals surface area (Å²) in [5.41, 5.74) is 0. The molecule has 0 N–H and O–H groups in total. The highest BCUT2D eigenvalue weighted by Crippen LogP contribution is 2.23. The van der Waals surface area contributed by atoms with Crippen LogP contribution in [-0.4, -0.2) is 69.0 Å². The third-order valence-electron chi connectivity index (χ3n) is 4.51. The number of carbonyl (C=O) groups is 1. The quantitative estimate of drug-likeness (QED) is 0.778. The standard InChI is InChI=1S/C17H24N2O5S/c1-14(17(20)18-10-12-23-13-11-18)24-15-4-6-16(7-5-15)25(21,22)19-8-2-3-9-19/h4-7,14H,2-3,8-13H2,1H3/t14-/m1/s1. The number of morpholine rings is 1. The van der Waals surface area contributed by atoms with Crippen molar-refractivity contribution in [1.29, 1.82) is 0 Å². The third-order valence-corrected chi connectivity index (χ3v) is 6.42. The zero-order chi connectivity index (χ0) is 17.9. The lowest BCUT2D eigenvalue weighted by atomic mass is 10.3. The highest BCUT2D eigenvalue weighted by atomic mass is 32.2. The number of nitrogens with zero attached hydrogens (tertiary/aromatic N) is 2. The van der Waals surface area contributed by atoms with Gasteiger partial charge in [0.05, 0.1) is 18.1 Å². The molecule has 0 bridgehead atoms. The van der Waals surface area contributed by atoms with Crippen LogP contribution in [0.5, 0.6) is 5.75 Å². The van der Waals surface area contributed by atoms with Crippen molar-refractivity contribution in [1.82, 2.24) is 9.21 Å². The van der Waals surface area contributed by atoms with E-state index in [9.17, 15) is 13.2 Å². The first-order valence-electron chi connectivity index (χ1n) is 8.62. The van der Waals surface area contributed by atoms with Crippen molar-refractivity contribution in [3.05, 3.63) is 24.3 Å². The summed E-state index contributed by atoms with van der Waals surface area (Å²) >= 11 is 0. The average molecular weight is 368 g/mol. The molecule has 8 heteroatoms. The second-order valence-electron chi connectivity index (χ2n) is 6.28. The van der Waals surface area contributed by atoms with Gasteiger partial charge in [-0.3, -0.25) is 4.79 Å². The Morgan fingerprint density at radius 3 is 2.28 bits per heavy atom. The Hall–Kier alpha value is -1.64. The van der Waals surface area contributed by atoms with Gasteiger partial charge in [0, 0.05) is 26.2 Å². The maximum absolute atomic E-state index is 12.5. The van der Waals surface area contributed by atoms with E-state index in [4.69, 9.17) is 9.47 Å². The summed E-state index contributed by atoms with van der Waals surface area (Å²) in [4.78, 5) is 14.3. The van der Waals surface area contributed by atoms with Crippen molar-refractivity contribution >= 4 is 15.9 Å². The minimum absolute atomic E-state index is 0.0861. The number of sulfonamides is 1. The van der Waals surface area contributed by atoms with Crippen molar-refractivity contribution in [2.24, 2.45) is 0 Å². The molecule has 7 nitrogen and oxygen atoms in total.